The Kier molecular flexibility index (Phi) is 9.21. The van der Waals surface area contributed by atoms with Crippen molar-refractivity contribution in [2.24, 2.45) is 0 Å². The molecule has 0 N–H and O–H groups in total. The molecule has 2 atom stereocenters. The third kappa shape index (κ3) is 6.46. The highest BCUT2D eigenvalue weighted by molar-refractivity contribution is 7.10. The van der Waals surface area contributed by atoms with Crippen LogP contribution in [0.25, 0.3) is 11.3 Å². The Labute approximate surface area is 255 Å². The van der Waals surface area contributed by atoms with Crippen LogP contribution in [-0.2, 0) is 27.5 Å². The molecule has 0 saturated carbocycles. The molecule has 0 fully saturated rings. The number of hydrogen-bond acceptors (Lipinski definition) is 8. The fourth-order valence-corrected chi connectivity index (χ4v) is 5.93. The smallest absolute Gasteiger partial charge is 0.340 e. The number of ether oxygens (including phenoxy) is 2. The molecule has 5 aromatic rings. The van der Waals surface area contributed by atoms with E-state index >= 15 is 4.39 Å². The molecule has 5 rings (SSSR count). The fraction of sp³-hybridized carbons (Fsp3) is 0.194. The van der Waals surface area contributed by atoms with E-state index in [-0.39, 0.29) is 23.6 Å². The standard InChI is InChI=1S/C31H24ClF2N5O3S/c1-20(29-38-28(15-43-29)22-8-6-21(14-35)7-9-22)31(16-39-18-36-17-37-39,26-11-10-24(33)12-27(26)34)42-19-41-30(40)25-5-3-2-4-23(25)13-32/h2-12,15,17-18,20H,13,16,19H2,1H3. The monoisotopic (exact) mass is 619 g/mol. The Morgan fingerprint density at radius 1 is 1.16 bits per heavy atom. The van der Waals surface area contributed by atoms with Crippen LogP contribution in [0.1, 0.15) is 44.9 Å². The first-order valence-electron chi connectivity index (χ1n) is 13.0. The molecule has 218 valence electrons. The van der Waals surface area contributed by atoms with Gasteiger partial charge >= 0.3 is 5.97 Å². The summed E-state index contributed by atoms with van der Waals surface area (Å²) in [6.07, 6.45) is 2.77. The van der Waals surface area contributed by atoms with Gasteiger partial charge in [0.15, 0.2) is 6.79 Å². The topological polar surface area (TPSA) is 103 Å². The van der Waals surface area contributed by atoms with Crippen molar-refractivity contribution < 1.29 is 23.0 Å². The molecule has 8 nitrogen and oxygen atoms in total. The summed E-state index contributed by atoms with van der Waals surface area (Å²) in [5.41, 5.74) is 1.24. The summed E-state index contributed by atoms with van der Waals surface area (Å²) in [6, 6.07) is 19.0. The van der Waals surface area contributed by atoms with Gasteiger partial charge in [0.25, 0.3) is 0 Å². The maximum atomic E-state index is 15.6. The number of nitriles is 1. The first-order chi connectivity index (χ1) is 20.8. The minimum atomic E-state index is -1.59. The van der Waals surface area contributed by atoms with Crippen LogP contribution in [0.2, 0.25) is 0 Å². The van der Waals surface area contributed by atoms with Crippen LogP contribution in [0.4, 0.5) is 8.78 Å². The number of rotatable bonds is 11. The first kappa shape index (κ1) is 30.0. The molecule has 0 aliphatic heterocycles. The van der Waals surface area contributed by atoms with E-state index in [4.69, 9.17) is 31.3 Å². The zero-order valence-electron chi connectivity index (χ0n) is 22.8. The van der Waals surface area contributed by atoms with E-state index < -0.39 is 35.9 Å². The van der Waals surface area contributed by atoms with E-state index in [1.807, 2.05) is 5.38 Å². The highest BCUT2D eigenvalue weighted by Gasteiger charge is 2.45. The van der Waals surface area contributed by atoms with Crippen molar-refractivity contribution in [3.8, 4) is 17.3 Å². The average molecular weight is 620 g/mol. The molecule has 12 heteroatoms. The molecular formula is C31H24ClF2N5O3S. The predicted octanol–water partition coefficient (Wildman–Crippen LogP) is 6.82. The second-order valence-electron chi connectivity index (χ2n) is 9.57. The highest BCUT2D eigenvalue weighted by Crippen LogP contribution is 2.44. The summed E-state index contributed by atoms with van der Waals surface area (Å²) in [5, 5.41) is 15.7. The third-order valence-corrected chi connectivity index (χ3v) is 8.36. The number of benzene rings is 3. The summed E-state index contributed by atoms with van der Waals surface area (Å²) in [5.74, 6) is -2.84. The summed E-state index contributed by atoms with van der Waals surface area (Å²) in [4.78, 5) is 21.8. The van der Waals surface area contributed by atoms with Gasteiger partial charge in [-0.25, -0.2) is 28.2 Å². The first-order valence-corrected chi connectivity index (χ1v) is 14.4. The van der Waals surface area contributed by atoms with E-state index in [0.29, 0.717) is 21.8 Å². The molecule has 0 radical (unpaired) electrons. The number of hydrogen-bond donors (Lipinski definition) is 0. The van der Waals surface area contributed by atoms with Crippen LogP contribution >= 0.6 is 22.9 Å². The van der Waals surface area contributed by atoms with E-state index in [1.54, 1.807) is 55.5 Å². The Morgan fingerprint density at radius 2 is 1.95 bits per heavy atom. The van der Waals surface area contributed by atoms with Gasteiger partial charge in [-0.1, -0.05) is 43.3 Å². The van der Waals surface area contributed by atoms with Crippen molar-refractivity contribution in [3.63, 3.8) is 0 Å². The van der Waals surface area contributed by atoms with Crippen LogP contribution in [0.3, 0.4) is 0 Å². The lowest BCUT2D eigenvalue weighted by atomic mass is 9.81. The van der Waals surface area contributed by atoms with Crippen LogP contribution < -0.4 is 0 Å². The molecule has 0 aliphatic rings. The minimum absolute atomic E-state index is 0.0178. The van der Waals surface area contributed by atoms with Gasteiger partial charge in [-0.05, 0) is 29.8 Å². The maximum absolute atomic E-state index is 15.6. The number of halogens is 3. The van der Waals surface area contributed by atoms with Crippen LogP contribution in [-0.4, -0.2) is 32.5 Å². The molecule has 0 spiro atoms. The van der Waals surface area contributed by atoms with Crippen molar-refractivity contribution in [1.29, 1.82) is 5.26 Å². The molecule has 0 saturated heterocycles. The van der Waals surface area contributed by atoms with Crippen molar-refractivity contribution >= 4 is 28.9 Å². The summed E-state index contributed by atoms with van der Waals surface area (Å²) in [7, 11) is 0. The van der Waals surface area contributed by atoms with Crippen LogP contribution in [0.15, 0.2) is 84.8 Å². The summed E-state index contributed by atoms with van der Waals surface area (Å²) < 4.78 is 43.0. The largest absolute Gasteiger partial charge is 0.435 e. The van der Waals surface area contributed by atoms with Gasteiger partial charge in [0.1, 0.15) is 29.9 Å². The molecule has 43 heavy (non-hydrogen) atoms. The van der Waals surface area contributed by atoms with E-state index in [1.165, 1.54) is 34.7 Å². The van der Waals surface area contributed by atoms with Gasteiger partial charge in [0.05, 0.1) is 34.4 Å². The summed E-state index contributed by atoms with van der Waals surface area (Å²) >= 11 is 7.32. The average Bonchev–Trinajstić information content (AvgIpc) is 3.73. The Bertz CT molecular complexity index is 1760. The molecule has 2 heterocycles. The second-order valence-corrected chi connectivity index (χ2v) is 10.7. The lowest BCUT2D eigenvalue weighted by Gasteiger charge is -2.38. The molecule has 3 aromatic carbocycles. The number of aromatic nitrogens is 4. The molecule has 0 bridgehead atoms. The van der Waals surface area contributed by atoms with Crippen molar-refractivity contribution in [3.05, 3.63) is 124 Å². The van der Waals surface area contributed by atoms with Crippen molar-refractivity contribution in [1.82, 2.24) is 19.7 Å². The van der Waals surface area contributed by atoms with Crippen LogP contribution in [0, 0.1) is 23.0 Å². The minimum Gasteiger partial charge on any atom is -0.435 e. The lowest BCUT2D eigenvalue weighted by molar-refractivity contribution is -0.148. The zero-order chi connectivity index (χ0) is 30.4. The number of carbonyl (C=O) groups is 1. The number of thiazole rings is 1. The normalized spacial score (nSPS) is 13.2. The van der Waals surface area contributed by atoms with Crippen LogP contribution in [0.5, 0.6) is 0 Å². The van der Waals surface area contributed by atoms with E-state index in [9.17, 15) is 9.18 Å². The maximum Gasteiger partial charge on any atom is 0.340 e. The highest BCUT2D eigenvalue weighted by atomic mass is 35.5. The quantitative estimate of drug-likeness (QED) is 0.0908. The molecule has 0 amide bonds. The Hall–Kier alpha value is -4.50. The van der Waals surface area contributed by atoms with Gasteiger partial charge in [0, 0.05) is 34.4 Å². The Morgan fingerprint density at radius 3 is 2.65 bits per heavy atom. The molecule has 2 unspecified atom stereocenters. The SMILES string of the molecule is CC(c1nc(-c2ccc(C#N)cc2)cs1)C(Cn1cncn1)(OCOC(=O)c1ccccc1CCl)c1ccc(F)cc1F. The van der Waals surface area contributed by atoms with E-state index in [2.05, 4.69) is 16.2 Å². The van der Waals surface area contributed by atoms with Gasteiger partial charge in [0.2, 0.25) is 0 Å². The number of carbonyl (C=O) groups excluding carboxylic acids is 1. The van der Waals surface area contributed by atoms with E-state index in [0.717, 1.165) is 17.7 Å². The number of nitrogens with zero attached hydrogens (tertiary/aromatic N) is 5. The Balaban J connectivity index is 1.54. The predicted molar refractivity (Wildman–Crippen MR) is 156 cm³/mol. The van der Waals surface area contributed by atoms with Gasteiger partial charge in [-0.3, -0.25) is 0 Å². The van der Waals surface area contributed by atoms with Crippen molar-refractivity contribution in [2.75, 3.05) is 6.79 Å². The van der Waals surface area contributed by atoms with Gasteiger partial charge < -0.3 is 9.47 Å². The van der Waals surface area contributed by atoms with Gasteiger partial charge in [-0.15, -0.1) is 22.9 Å². The zero-order valence-corrected chi connectivity index (χ0v) is 24.4. The summed E-state index contributed by atoms with van der Waals surface area (Å²) in [6.45, 7) is 1.16. The number of alkyl halides is 1. The lowest BCUT2D eigenvalue weighted by Crippen LogP contribution is -2.42. The fourth-order valence-electron chi connectivity index (χ4n) is 4.73. The van der Waals surface area contributed by atoms with Gasteiger partial charge in [-0.2, -0.15) is 10.4 Å². The van der Waals surface area contributed by atoms with Crippen molar-refractivity contribution in [2.45, 2.75) is 30.9 Å². The molecule has 0 aliphatic carbocycles. The second kappa shape index (κ2) is 13.2. The number of esters is 1. The molecular weight excluding hydrogens is 596 g/mol. The molecule has 2 aromatic heterocycles. The third-order valence-electron chi connectivity index (χ3n) is 7.04.